The van der Waals surface area contributed by atoms with Crippen molar-refractivity contribution in [2.45, 2.75) is 44.6 Å². The second-order valence-electron chi connectivity index (χ2n) is 7.20. The van der Waals surface area contributed by atoms with Gasteiger partial charge in [0.25, 0.3) is 5.91 Å². The van der Waals surface area contributed by atoms with Gasteiger partial charge in [-0.1, -0.05) is 25.0 Å². The smallest absolute Gasteiger partial charge is 0.253 e. The van der Waals surface area contributed by atoms with Crippen LogP contribution in [0.15, 0.2) is 30.3 Å². The maximum Gasteiger partial charge on any atom is 0.253 e. The molecule has 2 fully saturated rings. The Morgan fingerprint density at radius 3 is 2.38 bits per heavy atom. The van der Waals surface area contributed by atoms with Gasteiger partial charge in [-0.3, -0.25) is 4.79 Å². The number of nitrogens with two attached hydrogens (primary N) is 1. The molecule has 2 aliphatic rings. The predicted octanol–water partition coefficient (Wildman–Crippen LogP) is 3.32. The van der Waals surface area contributed by atoms with Crippen LogP contribution in [-0.4, -0.2) is 39.9 Å². The van der Waals surface area contributed by atoms with E-state index in [-0.39, 0.29) is 11.9 Å². The number of likely N-dealkylation sites (tertiary alicyclic amines) is 1. The first-order chi connectivity index (χ1) is 12.7. The zero-order valence-electron chi connectivity index (χ0n) is 14.9. The summed E-state index contributed by atoms with van der Waals surface area (Å²) in [4.78, 5) is 23.3. The van der Waals surface area contributed by atoms with Crippen molar-refractivity contribution in [2.24, 2.45) is 0 Å². The number of benzene rings is 1. The molecule has 1 aromatic heterocycles. The highest BCUT2D eigenvalue weighted by atomic mass is 16.2. The van der Waals surface area contributed by atoms with Crippen LogP contribution in [0, 0.1) is 0 Å². The first kappa shape index (κ1) is 16.8. The van der Waals surface area contributed by atoms with E-state index < -0.39 is 0 Å². The van der Waals surface area contributed by atoms with Crippen molar-refractivity contribution >= 4 is 17.7 Å². The highest BCUT2D eigenvalue weighted by Gasteiger charge is 2.22. The third kappa shape index (κ3) is 3.95. The summed E-state index contributed by atoms with van der Waals surface area (Å²) in [5.41, 5.74) is 8.30. The molecule has 1 aromatic carbocycles. The van der Waals surface area contributed by atoms with Crippen molar-refractivity contribution in [1.82, 2.24) is 14.9 Å². The monoisotopic (exact) mass is 351 g/mol. The SMILES string of the molecule is Nc1nc(NC2CC2)cc(-c2ccc(C(=O)N3CCCCCC3)cc2)n1. The van der Waals surface area contributed by atoms with E-state index in [9.17, 15) is 4.79 Å². The summed E-state index contributed by atoms with van der Waals surface area (Å²) in [5, 5.41) is 3.35. The minimum Gasteiger partial charge on any atom is -0.368 e. The van der Waals surface area contributed by atoms with Gasteiger partial charge in [-0.25, -0.2) is 4.98 Å². The van der Waals surface area contributed by atoms with Crippen LogP contribution in [0.4, 0.5) is 11.8 Å². The number of hydrogen-bond acceptors (Lipinski definition) is 5. The third-order valence-corrected chi connectivity index (χ3v) is 4.99. The second kappa shape index (κ2) is 7.32. The summed E-state index contributed by atoms with van der Waals surface area (Å²) in [6.07, 6.45) is 6.98. The maximum absolute atomic E-state index is 12.7. The van der Waals surface area contributed by atoms with Crippen LogP contribution in [0.2, 0.25) is 0 Å². The first-order valence-electron chi connectivity index (χ1n) is 9.50. The Labute approximate surface area is 153 Å². The van der Waals surface area contributed by atoms with Crippen LogP contribution in [0.3, 0.4) is 0 Å². The van der Waals surface area contributed by atoms with Gasteiger partial charge in [-0.15, -0.1) is 0 Å². The number of nitrogen functional groups attached to an aromatic ring is 1. The highest BCUT2D eigenvalue weighted by molar-refractivity contribution is 5.94. The number of aromatic nitrogens is 2. The lowest BCUT2D eigenvalue weighted by Gasteiger charge is -2.20. The van der Waals surface area contributed by atoms with E-state index >= 15 is 0 Å². The normalized spacial score (nSPS) is 17.6. The van der Waals surface area contributed by atoms with Crippen molar-refractivity contribution in [3.63, 3.8) is 0 Å². The molecule has 6 nitrogen and oxygen atoms in total. The lowest BCUT2D eigenvalue weighted by Crippen LogP contribution is -2.31. The average Bonchev–Trinajstić information content (AvgIpc) is 3.47. The fourth-order valence-electron chi connectivity index (χ4n) is 3.36. The summed E-state index contributed by atoms with van der Waals surface area (Å²) in [5.74, 6) is 1.15. The Bertz CT molecular complexity index is 777. The van der Waals surface area contributed by atoms with Crippen LogP contribution in [0.5, 0.6) is 0 Å². The van der Waals surface area contributed by atoms with Crippen LogP contribution in [-0.2, 0) is 0 Å². The molecule has 0 bridgehead atoms. The highest BCUT2D eigenvalue weighted by Crippen LogP contribution is 2.27. The minimum absolute atomic E-state index is 0.122. The van der Waals surface area contributed by atoms with Crippen LogP contribution < -0.4 is 11.1 Å². The summed E-state index contributed by atoms with van der Waals surface area (Å²) in [6.45, 7) is 1.72. The molecule has 3 N–H and O–H groups in total. The molecular weight excluding hydrogens is 326 g/mol. The first-order valence-corrected chi connectivity index (χ1v) is 9.50. The number of anilines is 2. The molecule has 2 aromatic rings. The third-order valence-electron chi connectivity index (χ3n) is 4.99. The van der Waals surface area contributed by atoms with Gasteiger partial charge in [0.05, 0.1) is 5.69 Å². The number of nitrogens with one attached hydrogen (secondary N) is 1. The van der Waals surface area contributed by atoms with Gasteiger partial charge in [-0.2, -0.15) is 4.98 Å². The Kier molecular flexibility index (Phi) is 4.73. The van der Waals surface area contributed by atoms with Gasteiger partial charge in [0.2, 0.25) is 5.95 Å². The molecule has 4 rings (SSSR count). The maximum atomic E-state index is 12.7. The summed E-state index contributed by atoms with van der Waals surface area (Å²) in [6, 6.07) is 10.1. The number of hydrogen-bond donors (Lipinski definition) is 2. The molecule has 0 unspecified atom stereocenters. The minimum atomic E-state index is 0.122. The number of amides is 1. The number of carbonyl (C=O) groups excluding carboxylic acids is 1. The number of nitrogens with zero attached hydrogens (tertiary/aromatic N) is 3. The van der Waals surface area contributed by atoms with E-state index in [1.807, 2.05) is 35.2 Å². The molecule has 26 heavy (non-hydrogen) atoms. The van der Waals surface area contributed by atoms with E-state index in [2.05, 4.69) is 15.3 Å². The van der Waals surface area contributed by atoms with E-state index in [0.717, 1.165) is 48.6 Å². The van der Waals surface area contributed by atoms with Gasteiger partial charge in [0.15, 0.2) is 0 Å². The van der Waals surface area contributed by atoms with Gasteiger partial charge >= 0.3 is 0 Å². The molecule has 1 aliphatic heterocycles. The molecule has 6 heteroatoms. The van der Waals surface area contributed by atoms with Crippen molar-refractivity contribution in [3.8, 4) is 11.3 Å². The van der Waals surface area contributed by atoms with Gasteiger partial charge in [-0.05, 0) is 37.8 Å². The van der Waals surface area contributed by atoms with Crippen LogP contribution in [0.25, 0.3) is 11.3 Å². The fourth-order valence-corrected chi connectivity index (χ4v) is 3.36. The Balaban J connectivity index is 1.51. The molecule has 1 amide bonds. The van der Waals surface area contributed by atoms with Gasteiger partial charge in [0.1, 0.15) is 5.82 Å². The average molecular weight is 351 g/mol. The Hall–Kier alpha value is -2.63. The summed E-state index contributed by atoms with van der Waals surface area (Å²) in [7, 11) is 0. The van der Waals surface area contributed by atoms with E-state index in [0.29, 0.717) is 6.04 Å². The fraction of sp³-hybridized carbons (Fsp3) is 0.450. The van der Waals surface area contributed by atoms with E-state index in [4.69, 9.17) is 5.73 Å². The number of rotatable bonds is 4. The topological polar surface area (TPSA) is 84.1 Å². The predicted molar refractivity (Wildman–Crippen MR) is 103 cm³/mol. The van der Waals surface area contributed by atoms with Gasteiger partial charge in [0, 0.05) is 36.3 Å². The van der Waals surface area contributed by atoms with Gasteiger partial charge < -0.3 is 16.0 Å². The molecule has 136 valence electrons. The van der Waals surface area contributed by atoms with E-state index in [1.54, 1.807) is 0 Å². The standard InChI is InChI=1S/C20H25N5O/c21-20-23-17(13-18(24-20)22-16-9-10-16)14-5-7-15(8-6-14)19(26)25-11-3-1-2-4-12-25/h5-8,13,16H,1-4,9-12H2,(H3,21,22,23,24). The van der Waals surface area contributed by atoms with Crippen molar-refractivity contribution < 1.29 is 4.79 Å². The van der Waals surface area contributed by atoms with Crippen LogP contribution in [0.1, 0.15) is 48.9 Å². The molecule has 0 spiro atoms. The molecular formula is C20H25N5O. The zero-order chi connectivity index (χ0) is 17.9. The largest absolute Gasteiger partial charge is 0.368 e. The second-order valence-corrected chi connectivity index (χ2v) is 7.20. The molecule has 1 saturated heterocycles. The van der Waals surface area contributed by atoms with E-state index in [1.165, 1.54) is 25.7 Å². The lowest BCUT2D eigenvalue weighted by molar-refractivity contribution is 0.0761. The summed E-state index contributed by atoms with van der Waals surface area (Å²) >= 11 is 0. The molecule has 0 atom stereocenters. The zero-order valence-corrected chi connectivity index (χ0v) is 14.9. The van der Waals surface area contributed by atoms with Crippen LogP contribution >= 0.6 is 0 Å². The molecule has 2 heterocycles. The summed E-state index contributed by atoms with van der Waals surface area (Å²) < 4.78 is 0. The quantitative estimate of drug-likeness (QED) is 0.883. The Morgan fingerprint density at radius 1 is 1.04 bits per heavy atom. The molecule has 1 saturated carbocycles. The molecule has 0 radical (unpaired) electrons. The van der Waals surface area contributed by atoms with Crippen molar-refractivity contribution in [1.29, 1.82) is 0 Å². The van der Waals surface area contributed by atoms with Crippen molar-refractivity contribution in [3.05, 3.63) is 35.9 Å². The molecule has 1 aliphatic carbocycles. The lowest BCUT2D eigenvalue weighted by atomic mass is 10.1. The van der Waals surface area contributed by atoms with Crippen molar-refractivity contribution in [2.75, 3.05) is 24.1 Å². The number of carbonyl (C=O) groups is 1. The Morgan fingerprint density at radius 2 is 1.73 bits per heavy atom.